The number of nitrogens with one attached hydrogen (secondary N) is 1. The average Bonchev–Trinajstić information content (AvgIpc) is 3.21. The minimum Gasteiger partial charge on any atom is -0.497 e. The lowest BCUT2D eigenvalue weighted by Crippen LogP contribution is -2.44. The van der Waals surface area contributed by atoms with Crippen LogP contribution < -0.4 is 25.4 Å². The van der Waals surface area contributed by atoms with Gasteiger partial charge in [0.2, 0.25) is 5.91 Å². The van der Waals surface area contributed by atoms with Gasteiger partial charge in [-0.25, -0.2) is 0 Å². The molecule has 0 aromatic heterocycles. The first kappa shape index (κ1) is 20.0. The molecule has 0 aliphatic carbocycles. The van der Waals surface area contributed by atoms with Crippen molar-refractivity contribution in [2.45, 2.75) is 18.9 Å². The first-order valence-corrected chi connectivity index (χ1v) is 9.64. The number of ether oxygens (including phenoxy) is 2. The summed E-state index contributed by atoms with van der Waals surface area (Å²) >= 11 is 0. The molecule has 0 bridgehead atoms. The molecule has 2 unspecified atom stereocenters. The van der Waals surface area contributed by atoms with Crippen molar-refractivity contribution in [2.24, 2.45) is 11.7 Å². The van der Waals surface area contributed by atoms with Crippen molar-refractivity contribution in [1.29, 1.82) is 0 Å². The van der Waals surface area contributed by atoms with E-state index in [1.165, 1.54) is 0 Å². The maximum absolute atomic E-state index is 12.3. The molecule has 1 fully saturated rings. The van der Waals surface area contributed by atoms with Crippen LogP contribution in [-0.2, 0) is 11.2 Å². The number of carbonyl (C=O) groups is 1. The molecule has 28 heavy (non-hydrogen) atoms. The van der Waals surface area contributed by atoms with E-state index < -0.39 is 6.04 Å². The Labute approximate surface area is 166 Å². The Balaban J connectivity index is 1.50. The molecule has 1 aliphatic rings. The Hall–Kier alpha value is -2.73. The van der Waals surface area contributed by atoms with Gasteiger partial charge in [0.05, 0.1) is 20.3 Å². The van der Waals surface area contributed by atoms with Crippen molar-refractivity contribution in [2.75, 3.05) is 38.8 Å². The van der Waals surface area contributed by atoms with Gasteiger partial charge in [-0.3, -0.25) is 4.79 Å². The zero-order valence-electron chi connectivity index (χ0n) is 16.6. The first-order chi connectivity index (χ1) is 13.6. The number of hydrogen-bond acceptors (Lipinski definition) is 5. The zero-order chi connectivity index (χ0) is 19.9. The first-order valence-electron chi connectivity index (χ1n) is 9.64. The molecular formula is C22H29N3O3. The van der Waals surface area contributed by atoms with Crippen LogP contribution in [0.2, 0.25) is 0 Å². The van der Waals surface area contributed by atoms with E-state index >= 15 is 0 Å². The molecule has 0 saturated carbocycles. The number of nitrogens with zero attached hydrogens (tertiary/aromatic N) is 1. The van der Waals surface area contributed by atoms with E-state index in [9.17, 15) is 4.79 Å². The van der Waals surface area contributed by atoms with E-state index in [1.807, 2.05) is 48.5 Å². The van der Waals surface area contributed by atoms with Crippen molar-refractivity contribution in [3.05, 3.63) is 54.1 Å². The SMILES string of the molecule is COc1cc(OC)cc(N2CCC(CNC(=O)C(N)Cc3ccccc3)C2)c1. The van der Waals surface area contributed by atoms with Crippen molar-refractivity contribution in [1.82, 2.24) is 5.32 Å². The van der Waals surface area contributed by atoms with Crippen LogP contribution in [0.5, 0.6) is 11.5 Å². The maximum atomic E-state index is 12.3. The quantitative estimate of drug-likeness (QED) is 0.731. The second-order valence-corrected chi connectivity index (χ2v) is 7.21. The summed E-state index contributed by atoms with van der Waals surface area (Å²) in [7, 11) is 3.30. The van der Waals surface area contributed by atoms with Crippen LogP contribution in [0.15, 0.2) is 48.5 Å². The van der Waals surface area contributed by atoms with Crippen LogP contribution in [0.25, 0.3) is 0 Å². The molecule has 6 heteroatoms. The molecule has 6 nitrogen and oxygen atoms in total. The van der Waals surface area contributed by atoms with Crippen LogP contribution in [0.3, 0.4) is 0 Å². The summed E-state index contributed by atoms with van der Waals surface area (Å²) in [5.41, 5.74) is 8.21. The largest absolute Gasteiger partial charge is 0.497 e. The number of anilines is 1. The van der Waals surface area contributed by atoms with E-state index in [0.29, 0.717) is 18.9 Å². The Kier molecular flexibility index (Phi) is 6.76. The number of nitrogens with two attached hydrogens (primary N) is 1. The number of amides is 1. The summed E-state index contributed by atoms with van der Waals surface area (Å²) in [6.45, 7) is 2.45. The summed E-state index contributed by atoms with van der Waals surface area (Å²) in [6.07, 6.45) is 1.57. The lowest BCUT2D eigenvalue weighted by atomic mass is 10.1. The molecule has 1 amide bonds. The second-order valence-electron chi connectivity index (χ2n) is 7.21. The van der Waals surface area contributed by atoms with Gasteiger partial charge >= 0.3 is 0 Å². The predicted molar refractivity (Wildman–Crippen MR) is 111 cm³/mol. The summed E-state index contributed by atoms with van der Waals surface area (Å²) in [5, 5.41) is 3.02. The van der Waals surface area contributed by atoms with E-state index in [2.05, 4.69) is 10.2 Å². The van der Waals surface area contributed by atoms with Gasteiger partial charge in [-0.05, 0) is 24.3 Å². The van der Waals surface area contributed by atoms with E-state index in [1.54, 1.807) is 14.2 Å². The normalized spacial score (nSPS) is 17.2. The minimum atomic E-state index is -0.525. The van der Waals surface area contributed by atoms with Gasteiger partial charge in [0.25, 0.3) is 0 Å². The fourth-order valence-electron chi connectivity index (χ4n) is 3.55. The Morgan fingerprint density at radius 2 is 1.86 bits per heavy atom. The van der Waals surface area contributed by atoms with Crippen LogP contribution in [0.1, 0.15) is 12.0 Å². The van der Waals surface area contributed by atoms with Gasteiger partial charge in [-0.2, -0.15) is 0 Å². The molecule has 0 radical (unpaired) electrons. The molecule has 1 heterocycles. The van der Waals surface area contributed by atoms with Crippen molar-refractivity contribution in [3.63, 3.8) is 0 Å². The van der Waals surface area contributed by atoms with Crippen molar-refractivity contribution in [3.8, 4) is 11.5 Å². The van der Waals surface area contributed by atoms with Gasteiger partial charge < -0.3 is 25.4 Å². The molecular weight excluding hydrogens is 354 g/mol. The molecule has 1 aliphatic heterocycles. The predicted octanol–water partition coefficient (Wildman–Crippen LogP) is 2.22. The summed E-state index contributed by atoms with van der Waals surface area (Å²) in [4.78, 5) is 14.6. The summed E-state index contributed by atoms with van der Waals surface area (Å²) in [5.74, 6) is 1.85. The maximum Gasteiger partial charge on any atom is 0.237 e. The lowest BCUT2D eigenvalue weighted by molar-refractivity contribution is -0.122. The van der Waals surface area contributed by atoms with Gasteiger partial charge in [0.1, 0.15) is 11.5 Å². The molecule has 3 N–H and O–H groups in total. The highest BCUT2D eigenvalue weighted by Gasteiger charge is 2.25. The van der Waals surface area contributed by atoms with Crippen LogP contribution in [0, 0.1) is 5.92 Å². The van der Waals surface area contributed by atoms with E-state index in [0.717, 1.165) is 42.3 Å². The molecule has 2 aromatic carbocycles. The molecule has 2 aromatic rings. The highest BCUT2D eigenvalue weighted by molar-refractivity contribution is 5.81. The molecule has 150 valence electrons. The highest BCUT2D eigenvalue weighted by Crippen LogP contribution is 2.31. The topological polar surface area (TPSA) is 76.8 Å². The monoisotopic (exact) mass is 383 g/mol. The van der Waals surface area contributed by atoms with Gasteiger partial charge in [-0.15, -0.1) is 0 Å². The van der Waals surface area contributed by atoms with E-state index in [-0.39, 0.29) is 5.91 Å². The zero-order valence-corrected chi connectivity index (χ0v) is 16.6. The van der Waals surface area contributed by atoms with Crippen LogP contribution in [-0.4, -0.2) is 45.8 Å². The number of methoxy groups -OCH3 is 2. The Bertz CT molecular complexity index is 760. The second kappa shape index (κ2) is 9.46. The molecule has 0 spiro atoms. The standard InChI is InChI=1S/C22H29N3O3/c1-27-19-11-18(12-20(13-19)28-2)25-9-8-17(15-25)14-24-22(26)21(23)10-16-6-4-3-5-7-16/h3-7,11-13,17,21H,8-10,14-15,23H2,1-2H3,(H,24,26). The third-order valence-electron chi connectivity index (χ3n) is 5.19. The number of rotatable bonds is 8. The van der Waals surface area contributed by atoms with Crippen molar-refractivity contribution >= 4 is 11.6 Å². The smallest absolute Gasteiger partial charge is 0.237 e. The third kappa shape index (κ3) is 5.16. The fourth-order valence-corrected chi connectivity index (χ4v) is 3.55. The highest BCUT2D eigenvalue weighted by atomic mass is 16.5. The fraction of sp³-hybridized carbons (Fsp3) is 0.409. The van der Waals surface area contributed by atoms with Gasteiger partial charge in [0.15, 0.2) is 0 Å². The average molecular weight is 383 g/mol. The van der Waals surface area contributed by atoms with Gasteiger partial charge in [-0.1, -0.05) is 30.3 Å². The van der Waals surface area contributed by atoms with Crippen molar-refractivity contribution < 1.29 is 14.3 Å². The summed E-state index contributed by atoms with van der Waals surface area (Å²) in [6, 6.07) is 15.2. The number of benzene rings is 2. The minimum absolute atomic E-state index is 0.0923. The third-order valence-corrected chi connectivity index (χ3v) is 5.19. The number of hydrogen-bond donors (Lipinski definition) is 2. The van der Waals surface area contributed by atoms with Gasteiger partial charge in [0, 0.05) is 43.5 Å². The van der Waals surface area contributed by atoms with Crippen LogP contribution >= 0.6 is 0 Å². The molecule has 1 saturated heterocycles. The van der Waals surface area contributed by atoms with Crippen LogP contribution in [0.4, 0.5) is 5.69 Å². The Morgan fingerprint density at radius 1 is 1.18 bits per heavy atom. The lowest BCUT2D eigenvalue weighted by Gasteiger charge is -2.21. The molecule has 2 atom stereocenters. The molecule has 3 rings (SSSR count). The Morgan fingerprint density at radius 3 is 2.50 bits per heavy atom. The number of carbonyl (C=O) groups excluding carboxylic acids is 1. The summed E-state index contributed by atoms with van der Waals surface area (Å²) < 4.78 is 10.7. The van der Waals surface area contributed by atoms with E-state index in [4.69, 9.17) is 15.2 Å².